The standard InChI is InChI=1S/C21H18N2O2S/c1-13-8-9-17(25-2)15(10-13)16-12-26-21-19(16)20(24)22-18(23-21)11-14-6-4-3-5-7-14/h3-10,12H,11H2,1-2H3,(H,22,23,24). The van der Waals surface area contributed by atoms with Crippen molar-refractivity contribution in [2.75, 3.05) is 7.11 Å². The number of aryl methyl sites for hydroxylation is 1. The largest absolute Gasteiger partial charge is 0.496 e. The molecule has 5 heteroatoms. The molecular weight excluding hydrogens is 344 g/mol. The van der Waals surface area contributed by atoms with Crippen LogP contribution in [0.3, 0.4) is 0 Å². The summed E-state index contributed by atoms with van der Waals surface area (Å²) in [6.07, 6.45) is 0.604. The first-order valence-electron chi connectivity index (χ1n) is 8.35. The number of thiophene rings is 1. The molecule has 0 atom stereocenters. The number of H-pyrrole nitrogens is 1. The molecule has 0 spiro atoms. The maximum Gasteiger partial charge on any atom is 0.260 e. The van der Waals surface area contributed by atoms with Crippen LogP contribution in [0.1, 0.15) is 17.0 Å². The van der Waals surface area contributed by atoms with E-state index in [0.717, 1.165) is 32.8 Å². The number of benzene rings is 2. The molecule has 0 saturated carbocycles. The molecule has 0 amide bonds. The number of aromatic amines is 1. The van der Waals surface area contributed by atoms with Gasteiger partial charge in [0.25, 0.3) is 5.56 Å². The third-order valence-corrected chi connectivity index (χ3v) is 5.22. The van der Waals surface area contributed by atoms with Gasteiger partial charge in [0, 0.05) is 22.9 Å². The van der Waals surface area contributed by atoms with Crippen molar-refractivity contribution in [3.8, 4) is 16.9 Å². The van der Waals surface area contributed by atoms with Crippen molar-refractivity contribution in [2.45, 2.75) is 13.3 Å². The number of fused-ring (bicyclic) bond motifs is 1. The molecule has 0 bridgehead atoms. The fourth-order valence-corrected chi connectivity index (χ4v) is 4.05. The lowest BCUT2D eigenvalue weighted by atomic mass is 10.0. The van der Waals surface area contributed by atoms with Gasteiger partial charge < -0.3 is 9.72 Å². The SMILES string of the molecule is COc1ccc(C)cc1-c1csc2nc(Cc3ccccc3)[nH]c(=O)c12. The Morgan fingerprint density at radius 2 is 1.92 bits per heavy atom. The first kappa shape index (κ1) is 16.5. The van der Waals surface area contributed by atoms with E-state index in [-0.39, 0.29) is 5.56 Å². The lowest BCUT2D eigenvalue weighted by Gasteiger charge is -2.09. The van der Waals surface area contributed by atoms with Gasteiger partial charge in [-0.05, 0) is 24.6 Å². The van der Waals surface area contributed by atoms with E-state index in [1.807, 2.05) is 60.8 Å². The van der Waals surface area contributed by atoms with Crippen LogP contribution >= 0.6 is 11.3 Å². The van der Waals surface area contributed by atoms with Crippen molar-refractivity contribution in [2.24, 2.45) is 0 Å². The Morgan fingerprint density at radius 3 is 2.69 bits per heavy atom. The van der Waals surface area contributed by atoms with Crippen molar-refractivity contribution in [1.29, 1.82) is 0 Å². The van der Waals surface area contributed by atoms with Crippen LogP contribution in [0.15, 0.2) is 58.7 Å². The lowest BCUT2D eigenvalue weighted by Crippen LogP contribution is -2.11. The summed E-state index contributed by atoms with van der Waals surface area (Å²) in [7, 11) is 1.64. The number of rotatable bonds is 4. The molecule has 0 fully saturated rings. The van der Waals surface area contributed by atoms with E-state index in [1.165, 1.54) is 11.3 Å². The Morgan fingerprint density at radius 1 is 1.12 bits per heavy atom. The van der Waals surface area contributed by atoms with Crippen LogP contribution in [0.5, 0.6) is 5.75 Å². The number of hydrogen-bond acceptors (Lipinski definition) is 4. The molecule has 2 heterocycles. The summed E-state index contributed by atoms with van der Waals surface area (Å²) >= 11 is 1.49. The van der Waals surface area contributed by atoms with E-state index in [1.54, 1.807) is 7.11 Å². The highest BCUT2D eigenvalue weighted by Crippen LogP contribution is 2.37. The molecule has 0 saturated heterocycles. The first-order valence-corrected chi connectivity index (χ1v) is 9.23. The van der Waals surface area contributed by atoms with E-state index in [9.17, 15) is 4.79 Å². The summed E-state index contributed by atoms with van der Waals surface area (Å²) in [6, 6.07) is 16.0. The average molecular weight is 362 g/mol. The Kier molecular flexibility index (Phi) is 4.31. The van der Waals surface area contributed by atoms with Crippen LogP contribution in [0.25, 0.3) is 21.3 Å². The maximum absolute atomic E-state index is 12.8. The molecule has 0 unspecified atom stereocenters. The fourth-order valence-electron chi connectivity index (χ4n) is 3.10. The van der Waals surface area contributed by atoms with Crippen LogP contribution < -0.4 is 10.3 Å². The molecule has 2 aromatic heterocycles. The maximum atomic E-state index is 12.8. The zero-order chi connectivity index (χ0) is 18.1. The Balaban J connectivity index is 1.83. The van der Waals surface area contributed by atoms with E-state index in [0.29, 0.717) is 17.6 Å². The molecule has 130 valence electrons. The molecule has 4 aromatic rings. The molecule has 0 radical (unpaired) electrons. The summed E-state index contributed by atoms with van der Waals surface area (Å²) in [4.78, 5) is 21.2. The van der Waals surface area contributed by atoms with Crippen molar-refractivity contribution in [3.63, 3.8) is 0 Å². The topological polar surface area (TPSA) is 55.0 Å². The molecule has 4 nitrogen and oxygen atoms in total. The smallest absolute Gasteiger partial charge is 0.260 e. The van der Waals surface area contributed by atoms with Gasteiger partial charge in [-0.2, -0.15) is 0 Å². The number of nitrogens with one attached hydrogen (secondary N) is 1. The minimum absolute atomic E-state index is 0.110. The minimum Gasteiger partial charge on any atom is -0.496 e. The van der Waals surface area contributed by atoms with Gasteiger partial charge in [-0.15, -0.1) is 11.3 Å². The van der Waals surface area contributed by atoms with Gasteiger partial charge in [0.05, 0.1) is 12.5 Å². The third-order valence-electron chi connectivity index (χ3n) is 4.35. The minimum atomic E-state index is -0.110. The molecule has 2 aromatic carbocycles. The van der Waals surface area contributed by atoms with Gasteiger partial charge in [-0.1, -0.05) is 42.0 Å². The zero-order valence-electron chi connectivity index (χ0n) is 14.6. The van der Waals surface area contributed by atoms with Crippen LogP contribution in [-0.4, -0.2) is 17.1 Å². The summed E-state index contributed by atoms with van der Waals surface area (Å²) in [5, 5.41) is 2.60. The van der Waals surface area contributed by atoms with E-state index in [4.69, 9.17) is 4.74 Å². The number of aromatic nitrogens is 2. The highest BCUT2D eigenvalue weighted by atomic mass is 32.1. The summed E-state index contributed by atoms with van der Waals surface area (Å²) in [6.45, 7) is 2.03. The second kappa shape index (κ2) is 6.77. The summed E-state index contributed by atoms with van der Waals surface area (Å²) in [5.74, 6) is 1.43. The number of ether oxygens (including phenoxy) is 1. The van der Waals surface area contributed by atoms with Crippen molar-refractivity contribution in [3.05, 3.63) is 81.2 Å². The number of methoxy groups -OCH3 is 1. The van der Waals surface area contributed by atoms with Crippen LogP contribution in [-0.2, 0) is 6.42 Å². The molecule has 26 heavy (non-hydrogen) atoms. The quantitative estimate of drug-likeness (QED) is 0.579. The van der Waals surface area contributed by atoms with Gasteiger partial charge in [-0.3, -0.25) is 4.79 Å². The van der Waals surface area contributed by atoms with Gasteiger partial charge in [0.1, 0.15) is 16.4 Å². The van der Waals surface area contributed by atoms with Crippen molar-refractivity contribution in [1.82, 2.24) is 9.97 Å². The lowest BCUT2D eigenvalue weighted by molar-refractivity contribution is 0.416. The predicted octanol–water partition coefficient (Wildman–Crippen LogP) is 4.56. The van der Waals surface area contributed by atoms with E-state index in [2.05, 4.69) is 9.97 Å². The molecule has 0 aliphatic rings. The predicted molar refractivity (Wildman–Crippen MR) is 106 cm³/mol. The van der Waals surface area contributed by atoms with Gasteiger partial charge in [-0.25, -0.2) is 4.98 Å². The number of hydrogen-bond donors (Lipinski definition) is 1. The first-order chi connectivity index (χ1) is 12.7. The van der Waals surface area contributed by atoms with Crippen LogP contribution in [0, 0.1) is 6.92 Å². The Bertz CT molecular complexity index is 1130. The Hall–Kier alpha value is -2.92. The average Bonchev–Trinajstić information content (AvgIpc) is 3.07. The van der Waals surface area contributed by atoms with Crippen molar-refractivity contribution >= 4 is 21.6 Å². The highest BCUT2D eigenvalue weighted by Gasteiger charge is 2.16. The fraction of sp³-hybridized carbons (Fsp3) is 0.143. The molecule has 4 rings (SSSR count). The number of nitrogens with zero attached hydrogens (tertiary/aromatic N) is 1. The Labute approximate surface area is 155 Å². The normalized spacial score (nSPS) is 11.0. The summed E-state index contributed by atoms with van der Waals surface area (Å²) in [5.41, 5.74) is 3.91. The van der Waals surface area contributed by atoms with E-state index < -0.39 is 0 Å². The van der Waals surface area contributed by atoms with Gasteiger partial charge in [0.2, 0.25) is 0 Å². The van der Waals surface area contributed by atoms with Crippen LogP contribution in [0.2, 0.25) is 0 Å². The molecule has 1 N–H and O–H groups in total. The van der Waals surface area contributed by atoms with E-state index >= 15 is 0 Å². The molecule has 0 aliphatic carbocycles. The molecular formula is C21H18N2O2S. The second-order valence-corrected chi connectivity index (χ2v) is 7.07. The van der Waals surface area contributed by atoms with Crippen molar-refractivity contribution < 1.29 is 4.74 Å². The van der Waals surface area contributed by atoms with Gasteiger partial charge in [0.15, 0.2) is 0 Å². The second-order valence-electron chi connectivity index (χ2n) is 6.21. The zero-order valence-corrected chi connectivity index (χ0v) is 15.4. The molecule has 0 aliphatic heterocycles. The summed E-state index contributed by atoms with van der Waals surface area (Å²) < 4.78 is 5.49. The van der Waals surface area contributed by atoms with Crippen LogP contribution in [0.4, 0.5) is 0 Å². The van der Waals surface area contributed by atoms with Gasteiger partial charge >= 0.3 is 0 Å². The highest BCUT2D eigenvalue weighted by molar-refractivity contribution is 7.17. The monoisotopic (exact) mass is 362 g/mol. The third kappa shape index (κ3) is 3.02.